The zero-order valence-corrected chi connectivity index (χ0v) is 11.5. The van der Waals surface area contributed by atoms with E-state index in [9.17, 15) is 0 Å². The van der Waals surface area contributed by atoms with Gasteiger partial charge in [0, 0.05) is 23.8 Å². The molecule has 1 saturated heterocycles. The highest BCUT2D eigenvalue weighted by molar-refractivity contribution is 5.55. The molecule has 2 heteroatoms. The summed E-state index contributed by atoms with van der Waals surface area (Å²) in [6.07, 6.45) is 1.19. The summed E-state index contributed by atoms with van der Waals surface area (Å²) >= 11 is 0. The summed E-state index contributed by atoms with van der Waals surface area (Å²) < 4.78 is 0. The molecule has 1 aliphatic rings. The fraction of sp³-hybridized carbons (Fsp3) is 0.600. The first-order chi connectivity index (χ1) is 8.00. The third-order valence-corrected chi connectivity index (χ3v) is 3.82. The summed E-state index contributed by atoms with van der Waals surface area (Å²) in [6, 6.07) is 9.26. The van der Waals surface area contributed by atoms with Crippen LogP contribution in [-0.4, -0.2) is 24.7 Å². The zero-order chi connectivity index (χ0) is 12.5. The fourth-order valence-electron chi connectivity index (χ4n) is 2.64. The molecule has 1 aliphatic heterocycles. The Kier molecular flexibility index (Phi) is 3.43. The van der Waals surface area contributed by atoms with Gasteiger partial charge in [0.15, 0.2) is 0 Å². The third-order valence-electron chi connectivity index (χ3n) is 3.82. The van der Waals surface area contributed by atoms with Crippen LogP contribution in [0.5, 0.6) is 0 Å². The molecule has 0 amide bonds. The highest BCUT2D eigenvalue weighted by Gasteiger charge is 2.31. The van der Waals surface area contributed by atoms with Crippen LogP contribution in [0.3, 0.4) is 0 Å². The van der Waals surface area contributed by atoms with Crippen molar-refractivity contribution in [1.82, 2.24) is 5.32 Å². The van der Waals surface area contributed by atoms with Gasteiger partial charge in [-0.25, -0.2) is 0 Å². The second-order valence-electron chi connectivity index (χ2n) is 5.81. The van der Waals surface area contributed by atoms with Gasteiger partial charge in [0.05, 0.1) is 0 Å². The van der Waals surface area contributed by atoms with Crippen molar-refractivity contribution in [3.63, 3.8) is 0 Å². The first-order valence-corrected chi connectivity index (χ1v) is 6.57. The number of hydrogen-bond donors (Lipinski definition) is 1. The second-order valence-corrected chi connectivity index (χ2v) is 5.81. The normalized spacial score (nSPS) is 24.5. The van der Waals surface area contributed by atoms with Crippen LogP contribution in [0.2, 0.25) is 0 Å². The second kappa shape index (κ2) is 4.69. The maximum absolute atomic E-state index is 3.58. The van der Waals surface area contributed by atoms with Crippen molar-refractivity contribution in [1.29, 1.82) is 0 Å². The Labute approximate surface area is 105 Å². The molecule has 0 aromatic heterocycles. The zero-order valence-electron chi connectivity index (χ0n) is 11.5. The molecule has 1 atom stereocenters. The average molecular weight is 232 g/mol. The van der Waals surface area contributed by atoms with Crippen LogP contribution in [0.1, 0.15) is 32.8 Å². The Morgan fingerprint density at radius 3 is 2.71 bits per heavy atom. The van der Waals surface area contributed by atoms with Gasteiger partial charge in [-0.2, -0.15) is 0 Å². The van der Waals surface area contributed by atoms with Crippen molar-refractivity contribution in [2.45, 2.75) is 45.7 Å². The van der Waals surface area contributed by atoms with Gasteiger partial charge >= 0.3 is 0 Å². The number of nitrogens with zero attached hydrogens (tertiary/aromatic N) is 1. The molecule has 0 radical (unpaired) electrons. The number of anilines is 1. The molecule has 0 bridgehead atoms. The van der Waals surface area contributed by atoms with Crippen molar-refractivity contribution in [3.05, 3.63) is 29.8 Å². The Bertz CT molecular complexity index is 384. The van der Waals surface area contributed by atoms with Gasteiger partial charge in [-0.3, -0.25) is 0 Å². The SMILES string of the molecule is Cc1ccccc1N1CC(C)NCCC1(C)C. The lowest BCUT2D eigenvalue weighted by Gasteiger charge is -2.40. The van der Waals surface area contributed by atoms with Crippen LogP contribution in [0.25, 0.3) is 0 Å². The molecular weight excluding hydrogens is 208 g/mol. The van der Waals surface area contributed by atoms with E-state index in [1.165, 1.54) is 17.7 Å². The molecule has 0 saturated carbocycles. The predicted molar refractivity (Wildman–Crippen MR) is 74.7 cm³/mol. The standard InChI is InChI=1S/C15H24N2/c1-12-7-5-6-8-14(12)17-11-13(2)16-10-9-15(17,3)4/h5-8,13,16H,9-11H2,1-4H3. The maximum Gasteiger partial charge on any atom is 0.0400 e. The van der Waals surface area contributed by atoms with Gasteiger partial charge in [-0.15, -0.1) is 0 Å². The van der Waals surface area contributed by atoms with Crippen molar-refractivity contribution in [2.24, 2.45) is 0 Å². The van der Waals surface area contributed by atoms with E-state index >= 15 is 0 Å². The van der Waals surface area contributed by atoms with Gasteiger partial charge in [0.1, 0.15) is 0 Å². The fourth-order valence-corrected chi connectivity index (χ4v) is 2.64. The van der Waals surface area contributed by atoms with E-state index in [1.54, 1.807) is 0 Å². The van der Waals surface area contributed by atoms with E-state index in [1.807, 2.05) is 0 Å². The summed E-state index contributed by atoms with van der Waals surface area (Å²) in [5.74, 6) is 0. The summed E-state index contributed by atoms with van der Waals surface area (Å²) in [7, 11) is 0. The van der Waals surface area contributed by atoms with Crippen LogP contribution >= 0.6 is 0 Å². The van der Waals surface area contributed by atoms with Crippen molar-refractivity contribution >= 4 is 5.69 Å². The lowest BCUT2D eigenvalue weighted by atomic mass is 9.96. The molecule has 2 nitrogen and oxygen atoms in total. The lowest BCUT2D eigenvalue weighted by molar-refractivity contribution is 0.452. The Morgan fingerprint density at radius 1 is 1.29 bits per heavy atom. The van der Waals surface area contributed by atoms with Crippen LogP contribution < -0.4 is 10.2 Å². The first kappa shape index (κ1) is 12.4. The molecule has 17 heavy (non-hydrogen) atoms. The summed E-state index contributed by atoms with van der Waals surface area (Å²) in [6.45, 7) is 11.4. The van der Waals surface area contributed by atoms with Crippen molar-refractivity contribution < 1.29 is 0 Å². The summed E-state index contributed by atoms with van der Waals surface area (Å²) in [4.78, 5) is 2.56. The minimum atomic E-state index is 0.226. The highest BCUT2D eigenvalue weighted by atomic mass is 15.2. The largest absolute Gasteiger partial charge is 0.365 e. The molecular formula is C15H24N2. The van der Waals surface area contributed by atoms with E-state index in [-0.39, 0.29) is 5.54 Å². The quantitative estimate of drug-likeness (QED) is 0.801. The first-order valence-electron chi connectivity index (χ1n) is 6.57. The monoisotopic (exact) mass is 232 g/mol. The van der Waals surface area contributed by atoms with Gasteiger partial charge in [0.25, 0.3) is 0 Å². The molecule has 1 N–H and O–H groups in total. The molecule has 1 unspecified atom stereocenters. The van der Waals surface area contributed by atoms with Crippen LogP contribution in [0.15, 0.2) is 24.3 Å². The Hall–Kier alpha value is -1.02. The number of aryl methyl sites for hydroxylation is 1. The number of para-hydroxylation sites is 1. The van der Waals surface area contributed by atoms with Crippen molar-refractivity contribution in [2.75, 3.05) is 18.0 Å². The molecule has 2 rings (SSSR count). The van der Waals surface area contributed by atoms with Gasteiger partial charge in [0.2, 0.25) is 0 Å². The topological polar surface area (TPSA) is 15.3 Å². The molecule has 0 aliphatic carbocycles. The maximum atomic E-state index is 3.58. The third kappa shape index (κ3) is 2.63. The van der Waals surface area contributed by atoms with E-state index in [0.29, 0.717) is 6.04 Å². The molecule has 1 aromatic rings. The lowest BCUT2D eigenvalue weighted by Crippen LogP contribution is -2.46. The van der Waals surface area contributed by atoms with E-state index < -0.39 is 0 Å². The highest BCUT2D eigenvalue weighted by Crippen LogP contribution is 2.30. The van der Waals surface area contributed by atoms with Crippen molar-refractivity contribution in [3.8, 4) is 0 Å². The van der Waals surface area contributed by atoms with E-state index in [0.717, 1.165) is 13.1 Å². The smallest absolute Gasteiger partial charge is 0.0400 e. The van der Waals surface area contributed by atoms with Crippen LogP contribution in [0, 0.1) is 6.92 Å². The van der Waals surface area contributed by atoms with E-state index in [2.05, 4.69) is 62.2 Å². The number of rotatable bonds is 1. The van der Waals surface area contributed by atoms with Gasteiger partial charge in [-0.1, -0.05) is 18.2 Å². The molecule has 1 heterocycles. The Morgan fingerprint density at radius 2 is 2.00 bits per heavy atom. The molecule has 0 spiro atoms. The number of hydrogen-bond acceptors (Lipinski definition) is 2. The molecule has 1 aromatic carbocycles. The number of benzene rings is 1. The minimum absolute atomic E-state index is 0.226. The number of nitrogens with one attached hydrogen (secondary N) is 1. The van der Waals surface area contributed by atoms with Crippen LogP contribution in [-0.2, 0) is 0 Å². The van der Waals surface area contributed by atoms with Gasteiger partial charge in [-0.05, 0) is 52.3 Å². The molecule has 94 valence electrons. The average Bonchev–Trinajstić information content (AvgIpc) is 2.38. The molecule has 1 fully saturated rings. The minimum Gasteiger partial charge on any atom is -0.365 e. The summed E-state index contributed by atoms with van der Waals surface area (Å²) in [5, 5.41) is 3.58. The summed E-state index contributed by atoms with van der Waals surface area (Å²) in [5.41, 5.74) is 2.98. The van der Waals surface area contributed by atoms with Crippen LogP contribution in [0.4, 0.5) is 5.69 Å². The van der Waals surface area contributed by atoms with Gasteiger partial charge < -0.3 is 10.2 Å². The predicted octanol–water partition coefficient (Wildman–Crippen LogP) is 2.96. The van der Waals surface area contributed by atoms with E-state index in [4.69, 9.17) is 0 Å². The Balaban J connectivity index is 2.36.